The number of aliphatic hydroxyl groups excluding tert-OH is 1. The molecule has 16 heavy (non-hydrogen) atoms. The highest BCUT2D eigenvalue weighted by atomic mass is 16.3. The van der Waals surface area contributed by atoms with E-state index in [4.69, 9.17) is 5.11 Å². The second kappa shape index (κ2) is 4.72. The predicted octanol–water partition coefficient (Wildman–Crippen LogP) is 2.02. The van der Waals surface area contributed by atoms with Crippen LogP contribution in [0.15, 0.2) is 36.5 Å². The monoisotopic (exact) mass is 215 g/mol. The number of nitrogens with one attached hydrogen (secondary N) is 1. The fraction of sp³-hybridized carbons (Fsp3) is 0.167. The average Bonchev–Trinajstić information content (AvgIpc) is 2.32. The SMILES string of the molecule is Cc1ccccc1Nc1nccc(CO)n1. The zero-order valence-electron chi connectivity index (χ0n) is 9.01. The van der Waals surface area contributed by atoms with Crippen molar-refractivity contribution < 1.29 is 5.11 Å². The summed E-state index contributed by atoms with van der Waals surface area (Å²) >= 11 is 0. The summed E-state index contributed by atoms with van der Waals surface area (Å²) in [6.07, 6.45) is 1.62. The topological polar surface area (TPSA) is 58.0 Å². The lowest BCUT2D eigenvalue weighted by molar-refractivity contribution is 0.277. The Kier molecular flexibility index (Phi) is 3.12. The number of anilines is 2. The van der Waals surface area contributed by atoms with Gasteiger partial charge in [-0.1, -0.05) is 18.2 Å². The summed E-state index contributed by atoms with van der Waals surface area (Å²) in [6, 6.07) is 9.59. The van der Waals surface area contributed by atoms with Gasteiger partial charge in [0, 0.05) is 11.9 Å². The van der Waals surface area contributed by atoms with Crippen molar-refractivity contribution in [1.82, 2.24) is 9.97 Å². The summed E-state index contributed by atoms with van der Waals surface area (Å²) in [5.74, 6) is 0.501. The van der Waals surface area contributed by atoms with E-state index in [9.17, 15) is 0 Å². The number of benzene rings is 1. The minimum Gasteiger partial charge on any atom is -0.390 e. The number of hydrogen-bond acceptors (Lipinski definition) is 4. The molecule has 0 aliphatic rings. The van der Waals surface area contributed by atoms with Gasteiger partial charge in [-0.3, -0.25) is 0 Å². The molecule has 0 fully saturated rings. The van der Waals surface area contributed by atoms with Gasteiger partial charge in [-0.15, -0.1) is 0 Å². The number of rotatable bonds is 3. The van der Waals surface area contributed by atoms with Crippen LogP contribution in [0, 0.1) is 6.92 Å². The first kappa shape index (κ1) is 10.6. The standard InChI is InChI=1S/C12H13N3O/c1-9-4-2-3-5-11(9)15-12-13-7-6-10(8-16)14-12/h2-7,16H,8H2,1H3,(H,13,14,15). The second-order valence-corrected chi connectivity index (χ2v) is 3.47. The molecule has 0 aliphatic heterocycles. The van der Waals surface area contributed by atoms with Gasteiger partial charge in [-0.2, -0.15) is 0 Å². The molecule has 2 N–H and O–H groups in total. The van der Waals surface area contributed by atoms with Gasteiger partial charge in [0.15, 0.2) is 0 Å². The Balaban J connectivity index is 2.24. The highest BCUT2D eigenvalue weighted by Gasteiger charge is 2.00. The first-order valence-electron chi connectivity index (χ1n) is 5.05. The minimum absolute atomic E-state index is 0.0784. The molecule has 1 aromatic heterocycles. The van der Waals surface area contributed by atoms with Crippen LogP contribution in [0.5, 0.6) is 0 Å². The first-order chi connectivity index (χ1) is 7.79. The summed E-state index contributed by atoms with van der Waals surface area (Å²) in [6.45, 7) is 1.93. The number of aryl methyl sites for hydroxylation is 1. The zero-order valence-corrected chi connectivity index (χ0v) is 9.01. The molecule has 0 saturated carbocycles. The van der Waals surface area contributed by atoms with Gasteiger partial charge >= 0.3 is 0 Å². The lowest BCUT2D eigenvalue weighted by Gasteiger charge is -2.07. The molecule has 0 aliphatic carbocycles. The van der Waals surface area contributed by atoms with Crippen molar-refractivity contribution in [3.05, 3.63) is 47.8 Å². The van der Waals surface area contributed by atoms with Crippen LogP contribution in [0.3, 0.4) is 0 Å². The van der Waals surface area contributed by atoms with Gasteiger partial charge in [0.05, 0.1) is 12.3 Å². The summed E-state index contributed by atoms with van der Waals surface area (Å²) in [7, 11) is 0. The molecule has 1 aromatic carbocycles. The van der Waals surface area contributed by atoms with Crippen LogP contribution in [0.4, 0.5) is 11.6 Å². The Morgan fingerprint density at radius 2 is 2.06 bits per heavy atom. The molecular formula is C12H13N3O. The third kappa shape index (κ3) is 2.35. The highest BCUT2D eigenvalue weighted by Crippen LogP contribution is 2.17. The second-order valence-electron chi connectivity index (χ2n) is 3.47. The summed E-state index contributed by atoms with van der Waals surface area (Å²) in [5, 5.41) is 12.1. The van der Waals surface area contributed by atoms with Crippen LogP contribution in [-0.2, 0) is 6.61 Å². The number of nitrogens with zero attached hydrogens (tertiary/aromatic N) is 2. The van der Waals surface area contributed by atoms with E-state index < -0.39 is 0 Å². The molecule has 0 saturated heterocycles. The van der Waals surface area contributed by atoms with Crippen LogP contribution < -0.4 is 5.32 Å². The van der Waals surface area contributed by atoms with E-state index in [0.29, 0.717) is 11.6 Å². The van der Waals surface area contributed by atoms with Crippen molar-refractivity contribution in [3.8, 4) is 0 Å². The largest absolute Gasteiger partial charge is 0.390 e. The Labute approximate surface area is 94.0 Å². The lowest BCUT2D eigenvalue weighted by atomic mass is 10.2. The van der Waals surface area contributed by atoms with Crippen molar-refractivity contribution in [2.75, 3.05) is 5.32 Å². The molecule has 0 unspecified atom stereocenters. The molecule has 0 radical (unpaired) electrons. The maximum Gasteiger partial charge on any atom is 0.227 e. The number of hydrogen-bond donors (Lipinski definition) is 2. The number of aromatic nitrogens is 2. The van der Waals surface area contributed by atoms with Gasteiger partial charge in [-0.05, 0) is 24.6 Å². The Hall–Kier alpha value is -1.94. The first-order valence-corrected chi connectivity index (χ1v) is 5.05. The lowest BCUT2D eigenvalue weighted by Crippen LogP contribution is -2.00. The summed E-state index contributed by atoms with van der Waals surface area (Å²) < 4.78 is 0. The number of aliphatic hydroxyl groups is 1. The Morgan fingerprint density at radius 3 is 2.81 bits per heavy atom. The van der Waals surface area contributed by atoms with Crippen molar-refractivity contribution >= 4 is 11.6 Å². The quantitative estimate of drug-likeness (QED) is 0.822. The molecule has 0 atom stereocenters. The van der Waals surface area contributed by atoms with E-state index in [1.54, 1.807) is 12.3 Å². The van der Waals surface area contributed by atoms with Crippen LogP contribution in [-0.4, -0.2) is 15.1 Å². The van der Waals surface area contributed by atoms with E-state index in [1.165, 1.54) is 0 Å². The van der Waals surface area contributed by atoms with Crippen LogP contribution in [0.25, 0.3) is 0 Å². The van der Waals surface area contributed by atoms with Gasteiger partial charge in [0.1, 0.15) is 0 Å². The third-order valence-corrected chi connectivity index (χ3v) is 2.27. The van der Waals surface area contributed by atoms with Gasteiger partial charge < -0.3 is 10.4 Å². The van der Waals surface area contributed by atoms with E-state index in [1.807, 2.05) is 31.2 Å². The molecule has 0 amide bonds. The third-order valence-electron chi connectivity index (χ3n) is 2.27. The molecule has 2 aromatic rings. The molecule has 82 valence electrons. The van der Waals surface area contributed by atoms with Crippen LogP contribution in [0.1, 0.15) is 11.3 Å². The Morgan fingerprint density at radius 1 is 1.25 bits per heavy atom. The fourth-order valence-corrected chi connectivity index (χ4v) is 1.38. The predicted molar refractivity (Wildman–Crippen MR) is 62.4 cm³/mol. The number of para-hydroxylation sites is 1. The van der Waals surface area contributed by atoms with Crippen LogP contribution in [0.2, 0.25) is 0 Å². The molecule has 0 spiro atoms. The summed E-state index contributed by atoms with van der Waals surface area (Å²) in [4.78, 5) is 8.25. The van der Waals surface area contributed by atoms with Crippen molar-refractivity contribution in [2.24, 2.45) is 0 Å². The van der Waals surface area contributed by atoms with E-state index in [2.05, 4.69) is 15.3 Å². The Bertz CT molecular complexity index is 485. The smallest absolute Gasteiger partial charge is 0.227 e. The molecular weight excluding hydrogens is 202 g/mol. The fourth-order valence-electron chi connectivity index (χ4n) is 1.38. The molecule has 4 heteroatoms. The van der Waals surface area contributed by atoms with Gasteiger partial charge in [-0.25, -0.2) is 9.97 Å². The minimum atomic E-state index is -0.0784. The zero-order chi connectivity index (χ0) is 11.4. The highest BCUT2D eigenvalue weighted by molar-refractivity contribution is 5.57. The van der Waals surface area contributed by atoms with E-state index in [-0.39, 0.29) is 6.61 Å². The van der Waals surface area contributed by atoms with Crippen LogP contribution >= 0.6 is 0 Å². The molecule has 2 rings (SSSR count). The van der Waals surface area contributed by atoms with Gasteiger partial charge in [0.2, 0.25) is 5.95 Å². The summed E-state index contributed by atoms with van der Waals surface area (Å²) in [5.41, 5.74) is 2.70. The molecule has 4 nitrogen and oxygen atoms in total. The van der Waals surface area contributed by atoms with E-state index >= 15 is 0 Å². The normalized spacial score (nSPS) is 10.1. The average molecular weight is 215 g/mol. The van der Waals surface area contributed by atoms with Gasteiger partial charge in [0.25, 0.3) is 0 Å². The van der Waals surface area contributed by atoms with Crippen molar-refractivity contribution in [2.45, 2.75) is 13.5 Å². The molecule has 0 bridgehead atoms. The van der Waals surface area contributed by atoms with E-state index in [0.717, 1.165) is 11.3 Å². The maximum absolute atomic E-state index is 8.96. The van der Waals surface area contributed by atoms with Crippen molar-refractivity contribution in [1.29, 1.82) is 0 Å². The molecule has 1 heterocycles. The maximum atomic E-state index is 8.96. The van der Waals surface area contributed by atoms with Crippen molar-refractivity contribution in [3.63, 3.8) is 0 Å².